The van der Waals surface area contributed by atoms with Crippen LogP contribution < -0.4 is 0 Å². The van der Waals surface area contributed by atoms with E-state index < -0.39 is 10.0 Å². The van der Waals surface area contributed by atoms with E-state index in [9.17, 15) is 13.2 Å². The minimum absolute atomic E-state index is 0.0735. The molecule has 1 amide bonds. The molecule has 0 saturated carbocycles. The van der Waals surface area contributed by atoms with E-state index in [0.29, 0.717) is 17.1 Å². The summed E-state index contributed by atoms with van der Waals surface area (Å²) in [5.74, 6) is -0.394. The Labute approximate surface area is 204 Å². The highest BCUT2D eigenvalue weighted by atomic mass is 35.5. The molecule has 0 spiro atoms. The van der Waals surface area contributed by atoms with Crippen molar-refractivity contribution >= 4 is 38.9 Å². The number of hydrogen-bond donors (Lipinski definition) is 0. The molecule has 0 fully saturated rings. The van der Waals surface area contributed by atoms with E-state index in [2.05, 4.69) is 6.58 Å². The average Bonchev–Trinajstić information content (AvgIpc) is 3.28. The van der Waals surface area contributed by atoms with Gasteiger partial charge >= 0.3 is 0 Å². The highest BCUT2D eigenvalue weighted by Gasteiger charge is 2.35. The molecule has 33 heavy (non-hydrogen) atoms. The number of sulfonamides is 1. The lowest BCUT2D eigenvalue weighted by Crippen LogP contribution is -2.47. The summed E-state index contributed by atoms with van der Waals surface area (Å²) in [6, 6.07) is 18.2. The maximum atomic E-state index is 13.5. The molecule has 2 aromatic carbocycles. The number of thiophene rings is 1. The van der Waals surface area contributed by atoms with Crippen LogP contribution in [0.1, 0.15) is 27.6 Å². The number of fused-ring (bicyclic) bond motifs is 1. The first-order chi connectivity index (χ1) is 15.9. The third-order valence-corrected chi connectivity index (χ3v) is 8.71. The van der Waals surface area contributed by atoms with Crippen molar-refractivity contribution in [3.8, 4) is 0 Å². The minimum atomic E-state index is -3.71. The summed E-state index contributed by atoms with van der Waals surface area (Å²) in [7, 11) is -3.71. The van der Waals surface area contributed by atoms with Crippen molar-refractivity contribution < 1.29 is 13.2 Å². The van der Waals surface area contributed by atoms with Crippen LogP contribution in [-0.2, 0) is 27.0 Å². The van der Waals surface area contributed by atoms with Crippen molar-refractivity contribution in [2.24, 2.45) is 0 Å². The summed E-state index contributed by atoms with van der Waals surface area (Å²) in [4.78, 5) is 16.6. The summed E-state index contributed by atoms with van der Waals surface area (Å²) in [5, 5.41) is 2.66. The molecule has 8 heteroatoms. The zero-order chi connectivity index (χ0) is 23.4. The van der Waals surface area contributed by atoms with Crippen LogP contribution >= 0.6 is 22.9 Å². The molecule has 0 bridgehead atoms. The fraction of sp³-hybridized carbons (Fsp3) is 0.240. The normalized spacial score (nSPS) is 15.9. The first-order valence-electron chi connectivity index (χ1n) is 10.6. The molecule has 1 aliphatic rings. The van der Waals surface area contributed by atoms with Crippen molar-refractivity contribution in [2.45, 2.75) is 18.2 Å². The van der Waals surface area contributed by atoms with Gasteiger partial charge in [0.25, 0.3) is 0 Å². The third-order valence-electron chi connectivity index (χ3n) is 5.70. The Morgan fingerprint density at radius 3 is 2.58 bits per heavy atom. The standard InChI is InChI=1S/C25H25ClN2O3S2/c1-2-14-27(33(30,31)18-19-6-4-3-5-7-19)17-24(29)28-15-12-23-22(13-16-32-23)25(28)20-8-10-21(26)11-9-20/h2-11,13,16,25H,1,12,14-15,17-18H2. The van der Waals surface area contributed by atoms with Crippen molar-refractivity contribution in [3.63, 3.8) is 0 Å². The minimum Gasteiger partial charge on any atom is -0.330 e. The molecular weight excluding hydrogens is 476 g/mol. The van der Waals surface area contributed by atoms with Gasteiger partial charge in [-0.2, -0.15) is 4.31 Å². The second-order valence-corrected chi connectivity index (χ2v) is 11.3. The molecule has 172 valence electrons. The van der Waals surface area contributed by atoms with Gasteiger partial charge in [-0.05, 0) is 46.7 Å². The predicted molar refractivity (Wildman–Crippen MR) is 134 cm³/mol. The summed E-state index contributed by atoms with van der Waals surface area (Å²) < 4.78 is 27.5. The van der Waals surface area contributed by atoms with Gasteiger partial charge in [0, 0.05) is 23.0 Å². The fourth-order valence-electron chi connectivity index (χ4n) is 4.13. The van der Waals surface area contributed by atoms with Gasteiger partial charge in [0.2, 0.25) is 15.9 Å². The molecule has 4 rings (SSSR count). The lowest BCUT2D eigenvalue weighted by Gasteiger charge is -2.37. The molecule has 0 saturated heterocycles. The van der Waals surface area contributed by atoms with E-state index in [1.807, 2.05) is 41.8 Å². The first kappa shape index (κ1) is 23.7. The zero-order valence-electron chi connectivity index (χ0n) is 18.1. The highest BCUT2D eigenvalue weighted by Crippen LogP contribution is 2.38. The SMILES string of the molecule is C=CCN(CC(=O)N1CCc2sccc2C1c1ccc(Cl)cc1)S(=O)(=O)Cc1ccccc1. The first-order valence-corrected chi connectivity index (χ1v) is 13.5. The molecule has 1 atom stereocenters. The smallest absolute Gasteiger partial charge is 0.238 e. The monoisotopic (exact) mass is 500 g/mol. The van der Waals surface area contributed by atoms with Crippen LogP contribution in [0.25, 0.3) is 0 Å². The molecule has 0 N–H and O–H groups in total. The van der Waals surface area contributed by atoms with Gasteiger partial charge in [-0.3, -0.25) is 4.79 Å². The van der Waals surface area contributed by atoms with Crippen molar-refractivity contribution in [1.29, 1.82) is 0 Å². The molecule has 1 unspecified atom stereocenters. The van der Waals surface area contributed by atoms with Crippen molar-refractivity contribution in [3.05, 3.63) is 105 Å². The lowest BCUT2D eigenvalue weighted by molar-refractivity contribution is -0.133. The molecule has 0 radical (unpaired) electrons. The Kier molecular flexibility index (Phi) is 7.34. The van der Waals surface area contributed by atoms with Crippen LogP contribution in [-0.4, -0.2) is 43.2 Å². The highest BCUT2D eigenvalue weighted by molar-refractivity contribution is 7.88. The van der Waals surface area contributed by atoms with Gasteiger partial charge in [0.1, 0.15) is 0 Å². The summed E-state index contributed by atoms with van der Waals surface area (Å²) >= 11 is 7.77. The number of nitrogens with zero attached hydrogens (tertiary/aromatic N) is 2. The van der Waals surface area contributed by atoms with Crippen molar-refractivity contribution in [2.75, 3.05) is 19.6 Å². The van der Waals surface area contributed by atoms with E-state index in [-0.39, 0.29) is 30.8 Å². The number of carbonyl (C=O) groups excluding carboxylic acids is 1. The molecule has 1 aromatic heterocycles. The average molecular weight is 501 g/mol. The topological polar surface area (TPSA) is 57.7 Å². The molecular formula is C25H25ClN2O3S2. The second-order valence-electron chi connectivity index (χ2n) is 7.91. The number of halogens is 1. The van der Waals surface area contributed by atoms with Gasteiger partial charge in [0.05, 0.1) is 18.3 Å². The maximum absolute atomic E-state index is 13.5. The Morgan fingerprint density at radius 1 is 1.15 bits per heavy atom. The quantitative estimate of drug-likeness (QED) is 0.414. The Morgan fingerprint density at radius 2 is 1.88 bits per heavy atom. The van der Waals surface area contributed by atoms with E-state index >= 15 is 0 Å². The van der Waals surface area contributed by atoms with Crippen LogP contribution in [0.15, 0.2) is 78.7 Å². The number of hydrogen-bond acceptors (Lipinski definition) is 4. The van der Waals surface area contributed by atoms with E-state index in [1.54, 1.807) is 40.5 Å². The third kappa shape index (κ3) is 5.38. The van der Waals surface area contributed by atoms with Crippen LogP contribution in [0.3, 0.4) is 0 Å². The fourth-order valence-corrected chi connectivity index (χ4v) is 6.59. The molecule has 2 heterocycles. The molecule has 3 aromatic rings. The number of amides is 1. The van der Waals surface area contributed by atoms with Gasteiger partial charge in [-0.1, -0.05) is 60.1 Å². The number of rotatable bonds is 8. The van der Waals surface area contributed by atoms with Crippen LogP contribution in [0, 0.1) is 0 Å². The predicted octanol–water partition coefficient (Wildman–Crippen LogP) is 4.89. The Bertz CT molecular complexity index is 1220. The van der Waals surface area contributed by atoms with Crippen LogP contribution in [0.4, 0.5) is 0 Å². The van der Waals surface area contributed by atoms with Gasteiger partial charge in [-0.25, -0.2) is 8.42 Å². The number of benzene rings is 2. The largest absolute Gasteiger partial charge is 0.330 e. The molecule has 1 aliphatic heterocycles. The van der Waals surface area contributed by atoms with Crippen LogP contribution in [0.2, 0.25) is 5.02 Å². The molecule has 0 aliphatic carbocycles. The lowest BCUT2D eigenvalue weighted by atomic mass is 9.93. The molecule has 5 nitrogen and oxygen atoms in total. The second kappa shape index (κ2) is 10.2. The van der Waals surface area contributed by atoms with Crippen molar-refractivity contribution in [1.82, 2.24) is 9.21 Å². The number of carbonyl (C=O) groups is 1. The zero-order valence-corrected chi connectivity index (χ0v) is 20.5. The summed E-state index contributed by atoms with van der Waals surface area (Å²) in [6.07, 6.45) is 2.26. The van der Waals surface area contributed by atoms with Gasteiger partial charge < -0.3 is 4.90 Å². The van der Waals surface area contributed by atoms with E-state index in [4.69, 9.17) is 11.6 Å². The summed E-state index contributed by atoms with van der Waals surface area (Å²) in [6.45, 7) is 4.06. The van der Waals surface area contributed by atoms with Gasteiger partial charge in [0.15, 0.2) is 0 Å². The van der Waals surface area contributed by atoms with E-state index in [0.717, 1.165) is 17.5 Å². The van der Waals surface area contributed by atoms with Gasteiger partial charge in [-0.15, -0.1) is 17.9 Å². The summed E-state index contributed by atoms with van der Waals surface area (Å²) in [5.41, 5.74) is 2.72. The maximum Gasteiger partial charge on any atom is 0.238 e. The Hall–Kier alpha value is -2.45. The Balaban J connectivity index is 1.60. The van der Waals surface area contributed by atoms with E-state index in [1.165, 1.54) is 15.3 Å². The van der Waals surface area contributed by atoms with Crippen LogP contribution in [0.5, 0.6) is 0 Å².